The fraction of sp³-hybridized carbons (Fsp3) is 0.143. The summed E-state index contributed by atoms with van der Waals surface area (Å²) < 4.78 is 11.0. The Morgan fingerprint density at radius 1 is 0.963 bits per heavy atom. The third-order valence-corrected chi connectivity index (χ3v) is 4.14. The van der Waals surface area contributed by atoms with Gasteiger partial charge in [0, 0.05) is 6.07 Å². The van der Waals surface area contributed by atoms with Crippen molar-refractivity contribution in [1.82, 2.24) is 10.3 Å². The molecule has 0 saturated heterocycles. The van der Waals surface area contributed by atoms with Crippen molar-refractivity contribution in [2.24, 2.45) is 0 Å². The van der Waals surface area contributed by atoms with Crippen molar-refractivity contribution in [3.63, 3.8) is 0 Å². The van der Waals surface area contributed by atoms with Crippen LogP contribution in [-0.2, 0) is 0 Å². The van der Waals surface area contributed by atoms with Crippen LogP contribution in [0.1, 0.15) is 18.5 Å². The molecule has 0 fully saturated rings. The van der Waals surface area contributed by atoms with Crippen molar-refractivity contribution in [1.29, 1.82) is 0 Å². The molecular weight excluding hydrogens is 358 g/mol. The lowest BCUT2D eigenvalue weighted by atomic mass is 10.1. The van der Waals surface area contributed by atoms with Gasteiger partial charge >= 0.3 is 0 Å². The molecule has 0 radical (unpaired) electrons. The minimum atomic E-state index is 0.104. The predicted molar refractivity (Wildman–Crippen MR) is 112 cm³/mol. The fourth-order valence-corrected chi connectivity index (χ4v) is 2.81. The van der Waals surface area contributed by atoms with Gasteiger partial charge in [-0.1, -0.05) is 42.5 Å². The van der Waals surface area contributed by atoms with Crippen LogP contribution < -0.4 is 20.1 Å². The highest BCUT2D eigenvalue weighted by Gasteiger charge is 2.08. The Labute approximate surface area is 164 Å². The SMILES string of the molecule is COc1ccccc1Oc1ccc(NC(=S)N[C@@H](C)c2ccccc2)cn1. The molecule has 6 heteroatoms. The molecule has 2 aromatic carbocycles. The van der Waals surface area contributed by atoms with E-state index in [0.717, 1.165) is 5.69 Å². The summed E-state index contributed by atoms with van der Waals surface area (Å²) >= 11 is 5.39. The number of nitrogens with one attached hydrogen (secondary N) is 2. The monoisotopic (exact) mass is 379 g/mol. The average Bonchev–Trinajstić information content (AvgIpc) is 2.70. The zero-order chi connectivity index (χ0) is 19.1. The van der Waals surface area contributed by atoms with Gasteiger partial charge in [0.25, 0.3) is 0 Å². The van der Waals surface area contributed by atoms with E-state index in [9.17, 15) is 0 Å². The molecule has 3 rings (SSSR count). The van der Waals surface area contributed by atoms with Gasteiger partial charge in [0.2, 0.25) is 5.88 Å². The number of rotatable bonds is 6. The topological polar surface area (TPSA) is 55.4 Å². The number of benzene rings is 2. The van der Waals surface area contributed by atoms with Crippen LogP contribution >= 0.6 is 12.2 Å². The molecule has 0 saturated carbocycles. The molecule has 5 nitrogen and oxygen atoms in total. The van der Waals surface area contributed by atoms with E-state index in [1.165, 1.54) is 5.56 Å². The zero-order valence-corrected chi connectivity index (χ0v) is 16.0. The van der Waals surface area contributed by atoms with Crippen molar-refractivity contribution >= 4 is 23.0 Å². The molecule has 27 heavy (non-hydrogen) atoms. The number of ether oxygens (including phenoxy) is 2. The second kappa shape index (κ2) is 9.00. The first kappa shape index (κ1) is 18.7. The highest BCUT2D eigenvalue weighted by atomic mass is 32.1. The summed E-state index contributed by atoms with van der Waals surface area (Å²) in [7, 11) is 1.60. The lowest BCUT2D eigenvalue weighted by Gasteiger charge is -2.17. The van der Waals surface area contributed by atoms with Gasteiger partial charge in [0.1, 0.15) is 0 Å². The summed E-state index contributed by atoms with van der Waals surface area (Å²) in [6.45, 7) is 2.06. The van der Waals surface area contributed by atoms with E-state index in [-0.39, 0.29) is 6.04 Å². The number of hydrogen-bond donors (Lipinski definition) is 2. The quantitative estimate of drug-likeness (QED) is 0.592. The van der Waals surface area contributed by atoms with Gasteiger partial charge in [-0.2, -0.15) is 0 Å². The van der Waals surface area contributed by atoms with Crippen LogP contribution in [0, 0.1) is 0 Å². The maximum Gasteiger partial charge on any atom is 0.219 e. The minimum Gasteiger partial charge on any atom is -0.493 e. The summed E-state index contributed by atoms with van der Waals surface area (Å²) in [6.07, 6.45) is 1.67. The average molecular weight is 379 g/mol. The Balaban J connectivity index is 1.58. The van der Waals surface area contributed by atoms with E-state index < -0.39 is 0 Å². The molecule has 0 amide bonds. The molecule has 3 aromatic rings. The molecule has 1 heterocycles. The summed E-state index contributed by atoms with van der Waals surface area (Å²) in [4.78, 5) is 4.31. The third kappa shape index (κ3) is 5.18. The zero-order valence-electron chi connectivity index (χ0n) is 15.2. The number of methoxy groups -OCH3 is 1. The van der Waals surface area contributed by atoms with Crippen LogP contribution in [0.5, 0.6) is 17.4 Å². The van der Waals surface area contributed by atoms with Gasteiger partial charge in [0.15, 0.2) is 16.6 Å². The Morgan fingerprint density at radius 3 is 2.33 bits per heavy atom. The molecular formula is C21H21N3O2S. The first-order chi connectivity index (χ1) is 13.2. The van der Waals surface area contributed by atoms with Crippen molar-refractivity contribution in [3.8, 4) is 17.4 Å². The number of hydrogen-bond acceptors (Lipinski definition) is 4. The van der Waals surface area contributed by atoms with Crippen molar-refractivity contribution in [3.05, 3.63) is 78.5 Å². The summed E-state index contributed by atoms with van der Waals surface area (Å²) in [5, 5.41) is 6.93. The number of thiocarbonyl (C=S) groups is 1. The normalized spacial score (nSPS) is 11.3. The van der Waals surface area contributed by atoms with Gasteiger partial charge in [-0.15, -0.1) is 0 Å². The van der Waals surface area contributed by atoms with Crippen molar-refractivity contribution in [2.75, 3.05) is 12.4 Å². The van der Waals surface area contributed by atoms with Crippen LogP contribution in [0.2, 0.25) is 0 Å². The largest absolute Gasteiger partial charge is 0.493 e. The third-order valence-electron chi connectivity index (χ3n) is 3.92. The summed E-state index contributed by atoms with van der Waals surface area (Å²) in [5.41, 5.74) is 1.94. The number of pyridine rings is 1. The van der Waals surface area contributed by atoms with Crippen LogP contribution in [-0.4, -0.2) is 17.2 Å². The van der Waals surface area contributed by atoms with Crippen LogP contribution in [0.3, 0.4) is 0 Å². The molecule has 2 N–H and O–H groups in total. The number of anilines is 1. The second-order valence-corrected chi connectivity index (χ2v) is 6.28. The number of aromatic nitrogens is 1. The standard InChI is InChI=1S/C21H21N3O2S/c1-15(16-8-4-3-5-9-16)23-21(27)24-17-12-13-20(22-14-17)26-19-11-7-6-10-18(19)25-2/h3-15H,1-2H3,(H2,23,24,27)/t15-/m0/s1. The van der Waals surface area contributed by atoms with E-state index in [2.05, 4.69) is 34.7 Å². The van der Waals surface area contributed by atoms with Gasteiger partial charge < -0.3 is 20.1 Å². The molecule has 0 aliphatic carbocycles. The lowest BCUT2D eigenvalue weighted by Crippen LogP contribution is -2.30. The number of nitrogens with zero attached hydrogens (tertiary/aromatic N) is 1. The highest BCUT2D eigenvalue weighted by molar-refractivity contribution is 7.80. The van der Waals surface area contributed by atoms with E-state index in [1.807, 2.05) is 48.5 Å². The van der Waals surface area contributed by atoms with Crippen LogP contribution in [0.4, 0.5) is 5.69 Å². The summed E-state index contributed by atoms with van der Waals surface area (Å²) in [6, 6.07) is 21.3. The number of para-hydroxylation sites is 2. The van der Waals surface area contributed by atoms with Gasteiger partial charge in [0.05, 0.1) is 25.0 Å². The van der Waals surface area contributed by atoms with Gasteiger partial charge in [-0.25, -0.2) is 4.98 Å². The minimum absolute atomic E-state index is 0.104. The Kier molecular flexibility index (Phi) is 6.22. The highest BCUT2D eigenvalue weighted by Crippen LogP contribution is 2.30. The molecule has 138 valence electrons. The summed E-state index contributed by atoms with van der Waals surface area (Å²) in [5.74, 6) is 1.74. The van der Waals surface area contributed by atoms with E-state index in [1.54, 1.807) is 19.4 Å². The lowest BCUT2D eigenvalue weighted by molar-refractivity contribution is 0.374. The van der Waals surface area contributed by atoms with Crippen molar-refractivity contribution < 1.29 is 9.47 Å². The van der Waals surface area contributed by atoms with Crippen molar-refractivity contribution in [2.45, 2.75) is 13.0 Å². The molecule has 0 aliphatic rings. The Hall–Kier alpha value is -3.12. The van der Waals surface area contributed by atoms with Gasteiger partial charge in [-0.3, -0.25) is 0 Å². The Morgan fingerprint density at radius 2 is 1.67 bits per heavy atom. The maximum atomic E-state index is 5.77. The molecule has 0 aliphatic heterocycles. The molecule has 0 unspecified atom stereocenters. The first-order valence-electron chi connectivity index (χ1n) is 8.55. The Bertz CT molecular complexity index is 885. The smallest absolute Gasteiger partial charge is 0.219 e. The molecule has 0 spiro atoms. The van der Waals surface area contributed by atoms with E-state index in [4.69, 9.17) is 21.7 Å². The maximum absolute atomic E-state index is 5.77. The fourth-order valence-electron chi connectivity index (χ4n) is 2.52. The molecule has 1 aromatic heterocycles. The first-order valence-corrected chi connectivity index (χ1v) is 8.96. The molecule has 1 atom stereocenters. The van der Waals surface area contributed by atoms with Crippen LogP contribution in [0.15, 0.2) is 72.9 Å². The van der Waals surface area contributed by atoms with E-state index >= 15 is 0 Å². The predicted octanol–water partition coefficient (Wildman–Crippen LogP) is 4.93. The second-order valence-electron chi connectivity index (χ2n) is 5.87. The van der Waals surface area contributed by atoms with Crippen LogP contribution in [0.25, 0.3) is 0 Å². The van der Waals surface area contributed by atoms with Gasteiger partial charge in [-0.05, 0) is 42.9 Å². The molecule has 0 bridgehead atoms. The van der Waals surface area contributed by atoms with E-state index in [0.29, 0.717) is 22.5 Å².